The van der Waals surface area contributed by atoms with Crippen molar-refractivity contribution < 1.29 is 12.9 Å². The van der Waals surface area contributed by atoms with Crippen LogP contribution in [0.25, 0.3) is 0 Å². The Morgan fingerprint density at radius 3 is 2.71 bits per heavy atom. The molecule has 116 valence electrons. The van der Waals surface area contributed by atoms with Crippen molar-refractivity contribution in [2.45, 2.75) is 13.3 Å². The Kier molecular flexibility index (Phi) is 5.23. The topological polar surface area (TPSA) is 109 Å². The average molecular weight is 331 g/mol. The van der Waals surface area contributed by atoms with Gasteiger partial charge in [-0.05, 0) is 19.1 Å². The van der Waals surface area contributed by atoms with Crippen LogP contribution in [0.3, 0.4) is 0 Å². The van der Waals surface area contributed by atoms with Crippen LogP contribution in [0.15, 0.2) is 19.5 Å². The highest BCUT2D eigenvalue weighted by Crippen LogP contribution is 2.10. The van der Waals surface area contributed by atoms with Crippen LogP contribution < -0.4 is 10.6 Å². The molecule has 0 atom stereocenters. The largest absolute Gasteiger partial charge is 0.369 e. The SMILES string of the molecule is CNC1=NS(=O)(=O)N=C1NCCSCCc1cnoc1C. The Morgan fingerprint density at radius 1 is 1.29 bits per heavy atom. The molecule has 0 spiro atoms. The standard InChI is InChI=1S/C11H17N5O3S2/c1-8-9(7-14-19-8)3-5-20-6-4-13-11-10(12-2)15-21(17,18)16-11/h7H,3-6H2,1-2H3,(H,12,15)(H,13,16). The minimum atomic E-state index is -3.71. The second-order valence-electron chi connectivity index (χ2n) is 4.27. The van der Waals surface area contributed by atoms with Gasteiger partial charge in [-0.3, -0.25) is 0 Å². The number of nitrogens with zero attached hydrogens (tertiary/aromatic N) is 3. The molecule has 1 aromatic rings. The fraction of sp³-hybridized carbons (Fsp3) is 0.545. The number of likely N-dealkylation sites (N-methyl/N-ethyl adjacent to an activating group) is 1. The van der Waals surface area contributed by atoms with Gasteiger partial charge in [-0.15, -0.1) is 8.80 Å². The van der Waals surface area contributed by atoms with Gasteiger partial charge in [0.2, 0.25) is 0 Å². The van der Waals surface area contributed by atoms with Crippen LogP contribution in [0.4, 0.5) is 0 Å². The van der Waals surface area contributed by atoms with E-state index in [4.69, 9.17) is 4.52 Å². The summed E-state index contributed by atoms with van der Waals surface area (Å²) >= 11 is 1.76. The van der Waals surface area contributed by atoms with Crippen molar-refractivity contribution in [1.82, 2.24) is 15.8 Å². The number of thioether (sulfide) groups is 1. The van der Waals surface area contributed by atoms with Crippen LogP contribution in [0.2, 0.25) is 0 Å². The fourth-order valence-electron chi connectivity index (χ4n) is 1.70. The van der Waals surface area contributed by atoms with Crippen molar-refractivity contribution in [2.75, 3.05) is 25.1 Å². The van der Waals surface area contributed by atoms with E-state index in [-0.39, 0.29) is 11.7 Å². The zero-order valence-electron chi connectivity index (χ0n) is 11.8. The summed E-state index contributed by atoms with van der Waals surface area (Å²) in [5.74, 6) is 3.16. The van der Waals surface area contributed by atoms with Gasteiger partial charge < -0.3 is 15.2 Å². The summed E-state index contributed by atoms with van der Waals surface area (Å²) in [5, 5.41) is 9.40. The van der Waals surface area contributed by atoms with E-state index in [2.05, 4.69) is 24.6 Å². The lowest BCUT2D eigenvalue weighted by Gasteiger charge is -2.06. The minimum Gasteiger partial charge on any atom is -0.369 e. The van der Waals surface area contributed by atoms with E-state index in [1.54, 1.807) is 25.0 Å². The Bertz CT molecular complexity index is 651. The average Bonchev–Trinajstić information content (AvgIpc) is 2.96. The van der Waals surface area contributed by atoms with Gasteiger partial charge in [-0.1, -0.05) is 5.16 Å². The lowest BCUT2D eigenvalue weighted by atomic mass is 10.2. The molecule has 0 amide bonds. The second kappa shape index (κ2) is 6.94. The summed E-state index contributed by atoms with van der Waals surface area (Å²) < 4.78 is 34.4. The highest BCUT2D eigenvalue weighted by molar-refractivity contribution is 7.99. The number of aromatic nitrogens is 1. The Morgan fingerprint density at radius 2 is 2.05 bits per heavy atom. The maximum atomic E-state index is 11.2. The second-order valence-corrected chi connectivity index (χ2v) is 6.76. The number of nitrogens with one attached hydrogen (secondary N) is 2. The van der Waals surface area contributed by atoms with Crippen LogP contribution in [0, 0.1) is 6.92 Å². The van der Waals surface area contributed by atoms with Crippen LogP contribution in [0.5, 0.6) is 0 Å². The molecule has 2 heterocycles. The van der Waals surface area contributed by atoms with Crippen molar-refractivity contribution in [2.24, 2.45) is 8.80 Å². The van der Waals surface area contributed by atoms with E-state index in [0.717, 1.165) is 29.3 Å². The third-order valence-corrected chi connectivity index (χ3v) is 4.59. The zero-order chi connectivity index (χ0) is 15.3. The van der Waals surface area contributed by atoms with Crippen LogP contribution in [0.1, 0.15) is 11.3 Å². The Hall–Kier alpha value is -1.55. The molecule has 1 aliphatic heterocycles. The van der Waals surface area contributed by atoms with E-state index in [9.17, 15) is 8.42 Å². The van der Waals surface area contributed by atoms with E-state index in [1.165, 1.54) is 0 Å². The van der Waals surface area contributed by atoms with Crippen LogP contribution in [-0.4, -0.2) is 50.3 Å². The molecular formula is C11H17N5O3S2. The first-order chi connectivity index (χ1) is 10.0. The summed E-state index contributed by atoms with van der Waals surface area (Å²) in [6.07, 6.45) is 2.64. The van der Waals surface area contributed by atoms with Crippen LogP contribution in [-0.2, 0) is 16.6 Å². The molecule has 0 unspecified atom stereocenters. The molecule has 8 nitrogen and oxygen atoms in total. The molecule has 0 radical (unpaired) electrons. The fourth-order valence-corrected chi connectivity index (χ4v) is 3.35. The van der Waals surface area contributed by atoms with Crippen molar-refractivity contribution >= 4 is 33.6 Å². The van der Waals surface area contributed by atoms with E-state index >= 15 is 0 Å². The molecule has 21 heavy (non-hydrogen) atoms. The predicted octanol–water partition coefficient (Wildman–Crippen LogP) is 0.123. The molecule has 0 saturated carbocycles. The minimum absolute atomic E-state index is 0.250. The Labute approximate surface area is 127 Å². The molecule has 2 N–H and O–H groups in total. The molecule has 2 rings (SSSR count). The van der Waals surface area contributed by atoms with E-state index in [1.807, 2.05) is 6.92 Å². The summed E-state index contributed by atoms with van der Waals surface area (Å²) in [4.78, 5) is 0. The van der Waals surface area contributed by atoms with Gasteiger partial charge in [0.15, 0.2) is 11.7 Å². The van der Waals surface area contributed by atoms with Gasteiger partial charge >= 0.3 is 10.2 Å². The zero-order valence-corrected chi connectivity index (χ0v) is 13.4. The molecule has 10 heteroatoms. The number of hydrogen-bond donors (Lipinski definition) is 2. The van der Waals surface area contributed by atoms with Gasteiger partial charge in [0.25, 0.3) is 0 Å². The van der Waals surface area contributed by atoms with Gasteiger partial charge in [0.1, 0.15) is 5.76 Å². The van der Waals surface area contributed by atoms with Crippen molar-refractivity contribution in [3.05, 3.63) is 17.5 Å². The first-order valence-electron chi connectivity index (χ1n) is 6.36. The lowest BCUT2D eigenvalue weighted by molar-refractivity contribution is 0.396. The maximum Gasteiger partial charge on any atom is 0.367 e. The number of rotatable bonds is 6. The van der Waals surface area contributed by atoms with Gasteiger partial charge in [0.05, 0.1) is 6.20 Å². The van der Waals surface area contributed by atoms with Gasteiger partial charge in [-0.2, -0.15) is 20.2 Å². The summed E-state index contributed by atoms with van der Waals surface area (Å²) in [6, 6.07) is 0. The molecule has 0 aliphatic carbocycles. The van der Waals surface area contributed by atoms with E-state index in [0.29, 0.717) is 6.54 Å². The normalized spacial score (nSPS) is 16.5. The first kappa shape index (κ1) is 15.8. The maximum absolute atomic E-state index is 11.2. The summed E-state index contributed by atoms with van der Waals surface area (Å²) in [6.45, 7) is 2.51. The number of aryl methyl sites for hydroxylation is 2. The first-order valence-corrected chi connectivity index (χ1v) is 8.92. The highest BCUT2D eigenvalue weighted by Gasteiger charge is 2.22. The molecule has 0 saturated heterocycles. The van der Waals surface area contributed by atoms with Crippen LogP contribution >= 0.6 is 11.8 Å². The molecule has 0 aromatic carbocycles. The van der Waals surface area contributed by atoms with Crippen molar-refractivity contribution in [3.63, 3.8) is 0 Å². The highest BCUT2D eigenvalue weighted by atomic mass is 32.2. The molecular weight excluding hydrogens is 314 g/mol. The number of amidine groups is 2. The molecule has 0 bridgehead atoms. The third-order valence-electron chi connectivity index (χ3n) is 2.78. The Balaban J connectivity index is 1.67. The molecule has 1 aromatic heterocycles. The predicted molar refractivity (Wildman–Crippen MR) is 83.1 cm³/mol. The van der Waals surface area contributed by atoms with Gasteiger partial charge in [-0.25, -0.2) is 0 Å². The smallest absolute Gasteiger partial charge is 0.367 e. The van der Waals surface area contributed by atoms with Crippen molar-refractivity contribution in [1.29, 1.82) is 0 Å². The summed E-state index contributed by atoms with van der Waals surface area (Å²) in [5.41, 5.74) is 1.12. The van der Waals surface area contributed by atoms with Crippen molar-refractivity contribution in [3.8, 4) is 0 Å². The third kappa shape index (κ3) is 4.46. The van der Waals surface area contributed by atoms with E-state index < -0.39 is 10.2 Å². The summed E-state index contributed by atoms with van der Waals surface area (Å²) in [7, 11) is -2.11. The molecule has 0 fully saturated rings. The quantitative estimate of drug-likeness (QED) is 0.713. The van der Waals surface area contributed by atoms with Gasteiger partial charge in [0, 0.05) is 24.9 Å². The monoisotopic (exact) mass is 331 g/mol. The lowest BCUT2D eigenvalue weighted by Crippen LogP contribution is -2.37. The molecule has 1 aliphatic rings. The number of hydrogen-bond acceptors (Lipinski definition) is 7.